The lowest BCUT2D eigenvalue weighted by Gasteiger charge is -2.34. The number of hydrogen-bond donors (Lipinski definition) is 2. The van der Waals surface area contributed by atoms with Gasteiger partial charge >= 0.3 is 0 Å². The summed E-state index contributed by atoms with van der Waals surface area (Å²) in [6, 6.07) is 5.57. The van der Waals surface area contributed by atoms with E-state index < -0.39 is 0 Å². The van der Waals surface area contributed by atoms with Gasteiger partial charge in [-0.3, -0.25) is 0 Å². The Kier molecular flexibility index (Phi) is 5.27. The molecule has 6 heteroatoms. The van der Waals surface area contributed by atoms with Crippen LogP contribution in [-0.2, 0) is 4.74 Å². The Balaban J connectivity index is 2.21. The van der Waals surface area contributed by atoms with Gasteiger partial charge in [-0.15, -0.1) is 0 Å². The zero-order valence-electron chi connectivity index (χ0n) is 12.6. The maximum Gasteiger partial charge on any atom is 0.172 e. The SMILES string of the molecule is COCC1CCN(c2cc(OC)ccc2/C(N)=N/O)CC1. The zero-order chi connectivity index (χ0) is 15.2. The minimum absolute atomic E-state index is 0.117. The monoisotopic (exact) mass is 293 g/mol. The van der Waals surface area contributed by atoms with Crippen molar-refractivity contribution in [1.82, 2.24) is 0 Å². The van der Waals surface area contributed by atoms with E-state index >= 15 is 0 Å². The third kappa shape index (κ3) is 3.58. The van der Waals surface area contributed by atoms with Crippen LogP contribution in [0.3, 0.4) is 0 Å². The number of amidine groups is 1. The van der Waals surface area contributed by atoms with E-state index in [1.54, 1.807) is 14.2 Å². The molecule has 0 amide bonds. The fraction of sp³-hybridized carbons (Fsp3) is 0.533. The lowest BCUT2D eigenvalue weighted by atomic mass is 9.96. The summed E-state index contributed by atoms with van der Waals surface area (Å²) in [6.45, 7) is 2.65. The predicted octanol–water partition coefficient (Wildman–Crippen LogP) is 1.65. The molecule has 0 atom stereocenters. The van der Waals surface area contributed by atoms with Crippen LogP contribution in [0.25, 0.3) is 0 Å². The van der Waals surface area contributed by atoms with Crippen molar-refractivity contribution < 1.29 is 14.7 Å². The molecule has 0 unspecified atom stereocenters. The van der Waals surface area contributed by atoms with E-state index in [9.17, 15) is 0 Å². The summed E-state index contributed by atoms with van der Waals surface area (Å²) in [6.07, 6.45) is 2.14. The molecule has 0 bridgehead atoms. The first-order valence-electron chi connectivity index (χ1n) is 7.09. The largest absolute Gasteiger partial charge is 0.497 e. The van der Waals surface area contributed by atoms with Gasteiger partial charge in [0.15, 0.2) is 5.84 Å². The summed E-state index contributed by atoms with van der Waals surface area (Å²) in [5.74, 6) is 1.48. The van der Waals surface area contributed by atoms with E-state index in [-0.39, 0.29) is 5.84 Å². The first-order valence-corrected chi connectivity index (χ1v) is 7.09. The van der Waals surface area contributed by atoms with Crippen LogP contribution in [0.5, 0.6) is 5.75 Å². The molecule has 1 fully saturated rings. The van der Waals surface area contributed by atoms with Gasteiger partial charge in [-0.2, -0.15) is 0 Å². The lowest BCUT2D eigenvalue weighted by Crippen LogP contribution is -2.36. The molecule has 1 aliphatic rings. The van der Waals surface area contributed by atoms with Crippen LogP contribution >= 0.6 is 0 Å². The highest BCUT2D eigenvalue weighted by Crippen LogP contribution is 2.30. The Labute approximate surface area is 125 Å². The number of oxime groups is 1. The van der Waals surface area contributed by atoms with Crippen molar-refractivity contribution in [1.29, 1.82) is 0 Å². The van der Waals surface area contributed by atoms with Crippen LogP contribution in [0.15, 0.2) is 23.4 Å². The molecule has 21 heavy (non-hydrogen) atoms. The summed E-state index contributed by atoms with van der Waals surface area (Å²) in [4.78, 5) is 2.25. The highest BCUT2D eigenvalue weighted by atomic mass is 16.5. The van der Waals surface area contributed by atoms with Crippen LogP contribution in [0, 0.1) is 5.92 Å². The third-order valence-electron chi connectivity index (χ3n) is 3.95. The normalized spacial score (nSPS) is 17.0. The van der Waals surface area contributed by atoms with Gasteiger partial charge in [-0.25, -0.2) is 0 Å². The van der Waals surface area contributed by atoms with Crippen LogP contribution in [0.4, 0.5) is 5.69 Å². The fourth-order valence-electron chi connectivity index (χ4n) is 2.75. The van der Waals surface area contributed by atoms with Crippen molar-refractivity contribution in [2.75, 3.05) is 38.8 Å². The van der Waals surface area contributed by atoms with E-state index in [0.29, 0.717) is 5.92 Å². The summed E-state index contributed by atoms with van der Waals surface area (Å²) in [7, 11) is 3.37. The van der Waals surface area contributed by atoms with Gasteiger partial charge in [0.2, 0.25) is 0 Å². The summed E-state index contributed by atoms with van der Waals surface area (Å²) >= 11 is 0. The van der Waals surface area contributed by atoms with Crippen LogP contribution in [0.2, 0.25) is 0 Å². The molecule has 0 radical (unpaired) electrons. The summed E-state index contributed by atoms with van der Waals surface area (Å²) in [5.41, 5.74) is 7.45. The number of benzene rings is 1. The smallest absolute Gasteiger partial charge is 0.172 e. The van der Waals surface area contributed by atoms with Gasteiger partial charge in [0.1, 0.15) is 5.75 Å². The Morgan fingerprint density at radius 1 is 1.38 bits per heavy atom. The average Bonchev–Trinajstić information content (AvgIpc) is 2.54. The topological polar surface area (TPSA) is 80.3 Å². The number of rotatable bonds is 5. The first-order chi connectivity index (χ1) is 10.2. The molecule has 1 aromatic carbocycles. The van der Waals surface area contributed by atoms with E-state index in [1.807, 2.05) is 18.2 Å². The minimum Gasteiger partial charge on any atom is -0.497 e. The standard InChI is InChI=1S/C15H23N3O3/c1-20-10-11-5-7-18(8-6-11)14-9-12(21-2)3-4-13(14)15(16)17-19/h3-4,9,11,19H,5-8,10H2,1-2H3,(H2,16,17). The minimum atomic E-state index is 0.117. The van der Waals surface area contributed by atoms with Crippen molar-refractivity contribution in [2.24, 2.45) is 16.8 Å². The van der Waals surface area contributed by atoms with Gasteiger partial charge in [0.25, 0.3) is 0 Å². The van der Waals surface area contributed by atoms with Gasteiger partial charge in [0, 0.05) is 38.4 Å². The molecule has 1 aromatic rings. The van der Waals surface area contributed by atoms with E-state index in [4.69, 9.17) is 20.4 Å². The molecule has 1 aliphatic heterocycles. The maximum absolute atomic E-state index is 8.95. The van der Waals surface area contributed by atoms with Crippen molar-refractivity contribution >= 4 is 11.5 Å². The number of methoxy groups -OCH3 is 2. The Morgan fingerprint density at radius 2 is 2.10 bits per heavy atom. The van der Waals surface area contributed by atoms with Crippen LogP contribution in [-0.4, -0.2) is 45.0 Å². The number of hydrogen-bond acceptors (Lipinski definition) is 5. The zero-order valence-corrected chi connectivity index (χ0v) is 12.6. The molecular formula is C15H23N3O3. The Hall–Kier alpha value is -1.95. The van der Waals surface area contributed by atoms with Gasteiger partial charge in [0.05, 0.1) is 12.8 Å². The Bertz CT molecular complexity index is 497. The number of ether oxygens (including phenoxy) is 2. The molecule has 0 saturated carbocycles. The second kappa shape index (κ2) is 7.17. The van der Waals surface area contributed by atoms with E-state index in [1.165, 1.54) is 0 Å². The maximum atomic E-state index is 8.95. The molecule has 2 rings (SSSR count). The van der Waals surface area contributed by atoms with E-state index in [2.05, 4.69) is 10.1 Å². The molecular weight excluding hydrogens is 270 g/mol. The molecule has 0 spiro atoms. The summed E-state index contributed by atoms with van der Waals surface area (Å²) in [5, 5.41) is 12.1. The van der Waals surface area contributed by atoms with E-state index in [0.717, 1.165) is 49.5 Å². The first kappa shape index (κ1) is 15.4. The van der Waals surface area contributed by atoms with Crippen molar-refractivity contribution in [3.63, 3.8) is 0 Å². The second-order valence-electron chi connectivity index (χ2n) is 5.25. The third-order valence-corrected chi connectivity index (χ3v) is 3.95. The average molecular weight is 293 g/mol. The van der Waals surface area contributed by atoms with Crippen molar-refractivity contribution in [2.45, 2.75) is 12.8 Å². The molecule has 0 aromatic heterocycles. The molecule has 3 N–H and O–H groups in total. The van der Waals surface area contributed by atoms with Crippen molar-refractivity contribution in [3.05, 3.63) is 23.8 Å². The fourth-order valence-corrected chi connectivity index (χ4v) is 2.75. The molecule has 1 saturated heterocycles. The highest BCUT2D eigenvalue weighted by Gasteiger charge is 2.22. The van der Waals surface area contributed by atoms with Crippen LogP contribution in [0.1, 0.15) is 18.4 Å². The second-order valence-corrected chi connectivity index (χ2v) is 5.25. The number of nitrogens with zero attached hydrogens (tertiary/aromatic N) is 2. The lowest BCUT2D eigenvalue weighted by molar-refractivity contribution is 0.139. The quantitative estimate of drug-likeness (QED) is 0.373. The van der Waals surface area contributed by atoms with Gasteiger partial charge in [-0.05, 0) is 30.9 Å². The molecule has 0 aliphatic carbocycles. The number of nitrogens with two attached hydrogens (primary N) is 1. The molecule has 116 valence electrons. The van der Waals surface area contributed by atoms with Crippen LogP contribution < -0.4 is 15.4 Å². The number of anilines is 1. The van der Waals surface area contributed by atoms with Crippen molar-refractivity contribution in [3.8, 4) is 5.75 Å². The Morgan fingerprint density at radius 3 is 2.67 bits per heavy atom. The van der Waals surface area contributed by atoms with Gasteiger partial charge in [-0.1, -0.05) is 5.16 Å². The highest BCUT2D eigenvalue weighted by molar-refractivity contribution is 6.02. The number of piperidine rings is 1. The van der Waals surface area contributed by atoms with Gasteiger partial charge < -0.3 is 25.3 Å². The molecule has 1 heterocycles. The predicted molar refractivity (Wildman–Crippen MR) is 82.3 cm³/mol. The molecule has 6 nitrogen and oxygen atoms in total. The summed E-state index contributed by atoms with van der Waals surface area (Å²) < 4.78 is 10.5.